The molecule has 2 unspecified atom stereocenters. The summed E-state index contributed by atoms with van der Waals surface area (Å²) in [5, 5.41) is 12.2. The Kier molecular flexibility index (Phi) is 6.64. The SMILES string of the molecule is CCNC(C)(C#N)CC(C)N(C)CCC(F)(F)F. The summed E-state index contributed by atoms with van der Waals surface area (Å²) in [4.78, 5) is 1.64. The lowest BCUT2D eigenvalue weighted by molar-refractivity contribution is -0.138. The van der Waals surface area contributed by atoms with Gasteiger partial charge in [0.1, 0.15) is 5.54 Å². The number of rotatable bonds is 7. The van der Waals surface area contributed by atoms with Crippen LogP contribution in [0.4, 0.5) is 13.2 Å². The molecule has 0 aromatic heterocycles. The lowest BCUT2D eigenvalue weighted by atomic mass is 9.94. The minimum absolute atomic E-state index is 0.0434. The van der Waals surface area contributed by atoms with E-state index in [0.717, 1.165) is 0 Å². The molecule has 0 aromatic rings. The first-order chi connectivity index (χ1) is 8.13. The molecule has 0 aromatic carbocycles. The first-order valence-electron chi connectivity index (χ1n) is 6.07. The molecule has 0 spiro atoms. The van der Waals surface area contributed by atoms with Crippen molar-refractivity contribution in [3.63, 3.8) is 0 Å². The minimum atomic E-state index is -4.13. The fraction of sp³-hybridized carbons (Fsp3) is 0.917. The van der Waals surface area contributed by atoms with Gasteiger partial charge in [-0.3, -0.25) is 5.32 Å². The number of halogens is 3. The molecule has 106 valence electrons. The number of alkyl halides is 3. The highest BCUT2D eigenvalue weighted by molar-refractivity contribution is 5.05. The van der Waals surface area contributed by atoms with Gasteiger partial charge in [0, 0.05) is 12.6 Å². The van der Waals surface area contributed by atoms with Crippen molar-refractivity contribution in [1.29, 1.82) is 5.26 Å². The highest BCUT2D eigenvalue weighted by Crippen LogP contribution is 2.21. The smallest absolute Gasteiger partial charge is 0.303 e. The quantitative estimate of drug-likeness (QED) is 0.769. The van der Waals surface area contributed by atoms with Crippen LogP contribution in [-0.4, -0.2) is 42.8 Å². The molecule has 0 radical (unpaired) electrons. The van der Waals surface area contributed by atoms with E-state index in [1.807, 2.05) is 13.8 Å². The standard InChI is InChI=1S/C12H22F3N3/c1-5-17-11(3,9-16)8-10(2)18(4)7-6-12(13,14)15/h10,17H,5-8H2,1-4H3. The van der Waals surface area contributed by atoms with Crippen molar-refractivity contribution in [2.45, 2.75) is 51.4 Å². The summed E-state index contributed by atoms with van der Waals surface area (Å²) in [6.45, 7) is 6.11. The van der Waals surface area contributed by atoms with Crippen molar-refractivity contribution in [3.8, 4) is 6.07 Å². The Morgan fingerprint density at radius 2 is 1.94 bits per heavy atom. The van der Waals surface area contributed by atoms with Gasteiger partial charge in [0.25, 0.3) is 0 Å². The highest BCUT2D eigenvalue weighted by atomic mass is 19.4. The monoisotopic (exact) mass is 265 g/mol. The molecule has 0 aliphatic heterocycles. The molecule has 0 bridgehead atoms. The van der Waals surface area contributed by atoms with E-state index >= 15 is 0 Å². The predicted octanol–water partition coefficient (Wildman–Crippen LogP) is 2.54. The van der Waals surface area contributed by atoms with E-state index in [9.17, 15) is 13.2 Å². The predicted molar refractivity (Wildman–Crippen MR) is 65.1 cm³/mol. The van der Waals surface area contributed by atoms with E-state index in [2.05, 4.69) is 11.4 Å². The summed E-state index contributed by atoms with van der Waals surface area (Å²) in [7, 11) is 1.65. The average Bonchev–Trinajstić information content (AvgIpc) is 2.25. The number of nitriles is 1. The highest BCUT2D eigenvalue weighted by Gasteiger charge is 2.30. The maximum absolute atomic E-state index is 12.1. The summed E-state index contributed by atoms with van der Waals surface area (Å²) < 4.78 is 36.3. The summed E-state index contributed by atoms with van der Waals surface area (Å²) in [5.41, 5.74) is -0.694. The van der Waals surface area contributed by atoms with E-state index in [-0.39, 0.29) is 12.6 Å². The van der Waals surface area contributed by atoms with Crippen LogP contribution in [0.25, 0.3) is 0 Å². The van der Waals surface area contributed by atoms with E-state index in [1.165, 1.54) is 0 Å². The van der Waals surface area contributed by atoms with Crippen molar-refractivity contribution >= 4 is 0 Å². The van der Waals surface area contributed by atoms with Crippen molar-refractivity contribution < 1.29 is 13.2 Å². The van der Waals surface area contributed by atoms with E-state index in [4.69, 9.17) is 5.26 Å². The Bertz CT molecular complexity index is 285. The molecule has 6 heteroatoms. The molecule has 0 aliphatic carbocycles. The zero-order valence-corrected chi connectivity index (χ0v) is 11.4. The van der Waals surface area contributed by atoms with Crippen LogP contribution in [0.1, 0.15) is 33.6 Å². The molecule has 0 saturated heterocycles. The van der Waals surface area contributed by atoms with Gasteiger partial charge in [-0.05, 0) is 33.9 Å². The van der Waals surface area contributed by atoms with Crippen LogP contribution in [0.2, 0.25) is 0 Å². The summed E-state index contributed by atoms with van der Waals surface area (Å²) in [5.74, 6) is 0. The van der Waals surface area contributed by atoms with Crippen LogP contribution in [0.3, 0.4) is 0 Å². The van der Waals surface area contributed by atoms with Crippen LogP contribution in [0, 0.1) is 11.3 Å². The molecule has 0 aliphatic rings. The number of hydrogen-bond donors (Lipinski definition) is 1. The molecular weight excluding hydrogens is 243 g/mol. The Morgan fingerprint density at radius 3 is 2.33 bits per heavy atom. The van der Waals surface area contributed by atoms with Gasteiger partial charge in [-0.25, -0.2) is 0 Å². The molecule has 0 amide bonds. The third-order valence-electron chi connectivity index (χ3n) is 3.02. The van der Waals surface area contributed by atoms with Crippen molar-refractivity contribution in [2.24, 2.45) is 0 Å². The van der Waals surface area contributed by atoms with Gasteiger partial charge in [-0.1, -0.05) is 6.92 Å². The Balaban J connectivity index is 4.30. The van der Waals surface area contributed by atoms with Crippen LogP contribution in [-0.2, 0) is 0 Å². The van der Waals surface area contributed by atoms with Gasteiger partial charge in [-0.2, -0.15) is 18.4 Å². The lowest BCUT2D eigenvalue weighted by Crippen LogP contribution is -2.46. The maximum Gasteiger partial charge on any atom is 0.390 e. The second-order valence-electron chi connectivity index (χ2n) is 4.87. The third kappa shape index (κ3) is 6.82. The fourth-order valence-corrected chi connectivity index (χ4v) is 1.82. The summed E-state index contributed by atoms with van der Waals surface area (Å²) in [6.07, 6.45) is -4.46. The van der Waals surface area contributed by atoms with E-state index in [1.54, 1.807) is 18.9 Å². The van der Waals surface area contributed by atoms with Gasteiger partial charge in [0.2, 0.25) is 0 Å². The first kappa shape index (κ1) is 17.2. The molecule has 0 fully saturated rings. The topological polar surface area (TPSA) is 39.1 Å². The molecular formula is C12H22F3N3. The first-order valence-corrected chi connectivity index (χ1v) is 6.07. The summed E-state index contributed by atoms with van der Waals surface area (Å²) >= 11 is 0. The number of nitrogens with zero attached hydrogens (tertiary/aromatic N) is 2. The normalized spacial score (nSPS) is 17.3. The minimum Gasteiger partial charge on any atom is -0.303 e. The molecule has 0 rings (SSSR count). The van der Waals surface area contributed by atoms with Crippen LogP contribution in [0.5, 0.6) is 0 Å². The average molecular weight is 265 g/mol. The second kappa shape index (κ2) is 6.95. The van der Waals surface area contributed by atoms with Crippen molar-refractivity contribution in [1.82, 2.24) is 10.2 Å². The second-order valence-corrected chi connectivity index (χ2v) is 4.87. The molecule has 0 heterocycles. The molecule has 3 nitrogen and oxygen atoms in total. The molecule has 18 heavy (non-hydrogen) atoms. The van der Waals surface area contributed by atoms with Crippen molar-refractivity contribution in [3.05, 3.63) is 0 Å². The van der Waals surface area contributed by atoms with Gasteiger partial charge in [0.15, 0.2) is 0 Å². The van der Waals surface area contributed by atoms with Crippen LogP contribution < -0.4 is 5.32 Å². The van der Waals surface area contributed by atoms with Crippen molar-refractivity contribution in [2.75, 3.05) is 20.1 Å². The fourth-order valence-electron chi connectivity index (χ4n) is 1.82. The molecule has 1 N–H and O–H groups in total. The van der Waals surface area contributed by atoms with Gasteiger partial charge >= 0.3 is 6.18 Å². The molecule has 2 atom stereocenters. The van der Waals surface area contributed by atoms with Gasteiger partial charge in [0.05, 0.1) is 12.5 Å². The number of nitrogens with one attached hydrogen (secondary N) is 1. The summed E-state index contributed by atoms with van der Waals surface area (Å²) in [6, 6.07) is 2.09. The Labute approximate surface area is 107 Å². The Hall–Kier alpha value is -0.800. The Morgan fingerprint density at radius 1 is 1.39 bits per heavy atom. The largest absolute Gasteiger partial charge is 0.390 e. The zero-order valence-electron chi connectivity index (χ0n) is 11.4. The molecule has 0 saturated carbocycles. The maximum atomic E-state index is 12.1. The van der Waals surface area contributed by atoms with Crippen LogP contribution in [0.15, 0.2) is 0 Å². The van der Waals surface area contributed by atoms with E-state index < -0.39 is 18.1 Å². The van der Waals surface area contributed by atoms with Crippen LogP contribution >= 0.6 is 0 Å². The number of hydrogen-bond acceptors (Lipinski definition) is 3. The zero-order chi connectivity index (χ0) is 14.4. The van der Waals surface area contributed by atoms with E-state index in [0.29, 0.717) is 13.0 Å². The van der Waals surface area contributed by atoms with Gasteiger partial charge in [-0.15, -0.1) is 0 Å². The lowest BCUT2D eigenvalue weighted by Gasteiger charge is -2.31. The van der Waals surface area contributed by atoms with Gasteiger partial charge < -0.3 is 4.90 Å². The third-order valence-corrected chi connectivity index (χ3v) is 3.02.